The van der Waals surface area contributed by atoms with E-state index >= 15 is 0 Å². The fraction of sp³-hybridized carbons (Fsp3) is 0.324. The van der Waals surface area contributed by atoms with Crippen LogP contribution in [0.3, 0.4) is 0 Å². The highest BCUT2D eigenvalue weighted by Gasteiger charge is 2.54. The van der Waals surface area contributed by atoms with Crippen LogP contribution in [-0.4, -0.2) is 47.2 Å². The standard InChI is InChI=1S/C37H40N6O6/c1-36(2,3)49-32(45)20-21-37(35(46)42-39-24-27-12-8-11-25-10-4-5-13-29(25)27)33(30-14-6-7-15-31(30)41-43-38)48-34(40-37)26-16-18-28(19-17-26)47-23-9-22-44/h4-8,10-19,33,39,44H,9,20-24H2,1-3H3,(H,42,46)/t33-,37-/m0/s1. The number of hydrogen-bond donors (Lipinski definition) is 3. The van der Waals surface area contributed by atoms with E-state index in [2.05, 4.69) is 20.9 Å². The molecule has 0 bridgehead atoms. The summed E-state index contributed by atoms with van der Waals surface area (Å²) in [6, 6.07) is 27.7. The van der Waals surface area contributed by atoms with Crippen LogP contribution in [0.4, 0.5) is 5.69 Å². The van der Waals surface area contributed by atoms with Gasteiger partial charge in [0.1, 0.15) is 11.4 Å². The van der Waals surface area contributed by atoms with Gasteiger partial charge in [0.15, 0.2) is 11.6 Å². The molecule has 1 aliphatic heterocycles. The number of nitrogens with one attached hydrogen (secondary N) is 2. The Morgan fingerprint density at radius 3 is 2.51 bits per heavy atom. The maximum atomic E-state index is 14.5. The van der Waals surface area contributed by atoms with Gasteiger partial charge in [0.25, 0.3) is 5.91 Å². The number of rotatable bonds is 14. The highest BCUT2D eigenvalue weighted by molar-refractivity contribution is 6.01. The summed E-state index contributed by atoms with van der Waals surface area (Å²) in [6.45, 7) is 6.00. The first-order valence-electron chi connectivity index (χ1n) is 16.1. The lowest BCUT2D eigenvalue weighted by Crippen LogP contribution is -2.52. The molecule has 3 N–H and O–H groups in total. The summed E-state index contributed by atoms with van der Waals surface area (Å²) in [5, 5.41) is 15.1. The van der Waals surface area contributed by atoms with Gasteiger partial charge in [-0.25, -0.2) is 10.4 Å². The summed E-state index contributed by atoms with van der Waals surface area (Å²) >= 11 is 0. The molecule has 0 aliphatic carbocycles. The third kappa shape index (κ3) is 8.55. The number of azide groups is 1. The number of hydrogen-bond acceptors (Lipinski definition) is 9. The monoisotopic (exact) mass is 664 g/mol. The lowest BCUT2D eigenvalue weighted by atomic mass is 9.83. The molecule has 49 heavy (non-hydrogen) atoms. The van der Waals surface area contributed by atoms with Crippen LogP contribution >= 0.6 is 0 Å². The van der Waals surface area contributed by atoms with E-state index in [1.54, 1.807) is 69.3 Å². The van der Waals surface area contributed by atoms with Crippen LogP contribution in [0, 0.1) is 0 Å². The molecule has 1 heterocycles. The van der Waals surface area contributed by atoms with Crippen LogP contribution in [-0.2, 0) is 25.6 Å². The van der Waals surface area contributed by atoms with E-state index in [9.17, 15) is 15.1 Å². The van der Waals surface area contributed by atoms with E-state index in [4.69, 9.17) is 24.3 Å². The Kier molecular flexibility index (Phi) is 11.1. The van der Waals surface area contributed by atoms with E-state index < -0.39 is 29.1 Å². The maximum Gasteiger partial charge on any atom is 0.306 e. The van der Waals surface area contributed by atoms with Gasteiger partial charge in [0, 0.05) is 47.7 Å². The summed E-state index contributed by atoms with van der Waals surface area (Å²) in [5.74, 6) is -0.293. The van der Waals surface area contributed by atoms with Gasteiger partial charge in [-0.2, -0.15) is 0 Å². The number of carbonyl (C=O) groups excluding carboxylic acids is 2. The Bertz CT molecular complexity index is 1860. The van der Waals surface area contributed by atoms with Gasteiger partial charge in [-0.05, 0) is 73.3 Å². The lowest BCUT2D eigenvalue weighted by Gasteiger charge is -2.31. The van der Waals surface area contributed by atoms with Gasteiger partial charge in [-0.1, -0.05) is 71.8 Å². The van der Waals surface area contributed by atoms with Gasteiger partial charge in [-0.3, -0.25) is 15.0 Å². The quantitative estimate of drug-likeness (QED) is 0.0335. The minimum atomic E-state index is -1.69. The number of aliphatic hydroxyl groups excluding tert-OH is 1. The summed E-state index contributed by atoms with van der Waals surface area (Å²) in [6.07, 6.45) is -0.809. The number of nitrogens with zero attached hydrogens (tertiary/aromatic N) is 4. The molecule has 4 aromatic carbocycles. The molecule has 0 unspecified atom stereocenters. The Balaban J connectivity index is 1.52. The SMILES string of the molecule is CC(C)(C)OC(=O)CC[C@]1(C(=O)NNCc2cccc3ccccc23)N=C(c2ccc(OCCCO)cc2)O[C@H]1c1ccccc1N=[N+]=[N-]. The van der Waals surface area contributed by atoms with E-state index in [0.29, 0.717) is 36.4 Å². The van der Waals surface area contributed by atoms with Crippen molar-refractivity contribution in [2.75, 3.05) is 13.2 Å². The summed E-state index contributed by atoms with van der Waals surface area (Å²) in [7, 11) is 0. The van der Waals surface area contributed by atoms with Gasteiger partial charge in [-0.15, -0.1) is 0 Å². The first-order chi connectivity index (χ1) is 23.6. The van der Waals surface area contributed by atoms with Crippen molar-refractivity contribution >= 4 is 34.2 Å². The average Bonchev–Trinajstić information content (AvgIpc) is 3.48. The number of fused-ring (bicyclic) bond motifs is 1. The second-order valence-corrected chi connectivity index (χ2v) is 12.6. The molecule has 5 rings (SSSR count). The third-order valence-electron chi connectivity index (χ3n) is 7.89. The zero-order valence-corrected chi connectivity index (χ0v) is 27.8. The van der Waals surface area contributed by atoms with Crippen LogP contribution in [0.2, 0.25) is 0 Å². The number of carbonyl (C=O) groups is 2. The smallest absolute Gasteiger partial charge is 0.306 e. The molecular formula is C37H40N6O6. The Morgan fingerprint density at radius 1 is 1.02 bits per heavy atom. The topological polar surface area (TPSA) is 167 Å². The van der Waals surface area contributed by atoms with E-state index in [1.807, 2.05) is 42.5 Å². The Labute approximate surface area is 284 Å². The van der Waals surface area contributed by atoms with E-state index in [0.717, 1.165) is 16.3 Å². The van der Waals surface area contributed by atoms with Gasteiger partial charge >= 0.3 is 5.97 Å². The van der Waals surface area contributed by atoms with Crippen molar-refractivity contribution in [3.63, 3.8) is 0 Å². The zero-order valence-electron chi connectivity index (χ0n) is 27.8. The zero-order chi connectivity index (χ0) is 34.9. The van der Waals surface area contributed by atoms with Gasteiger partial charge in [0.2, 0.25) is 5.90 Å². The largest absolute Gasteiger partial charge is 0.494 e. The first-order valence-corrected chi connectivity index (χ1v) is 16.1. The number of benzene rings is 4. The lowest BCUT2D eigenvalue weighted by molar-refractivity contribution is -0.155. The molecule has 0 radical (unpaired) electrons. The van der Waals surface area contributed by atoms with Crippen LogP contribution in [0.1, 0.15) is 62.8 Å². The number of hydrazine groups is 1. The highest BCUT2D eigenvalue weighted by Crippen LogP contribution is 2.46. The number of aliphatic imine (C=N–C) groups is 1. The van der Waals surface area contributed by atoms with Crippen molar-refractivity contribution < 1.29 is 28.9 Å². The number of aliphatic hydroxyl groups is 1. The summed E-state index contributed by atoms with van der Waals surface area (Å²) < 4.78 is 17.8. The van der Waals surface area contributed by atoms with Crippen molar-refractivity contribution in [1.82, 2.24) is 10.9 Å². The highest BCUT2D eigenvalue weighted by atomic mass is 16.6. The fourth-order valence-electron chi connectivity index (χ4n) is 5.66. The van der Waals surface area contributed by atoms with Crippen molar-refractivity contribution in [3.05, 3.63) is 118 Å². The predicted molar refractivity (Wildman–Crippen MR) is 186 cm³/mol. The molecule has 4 aromatic rings. The molecular weight excluding hydrogens is 624 g/mol. The third-order valence-corrected chi connectivity index (χ3v) is 7.89. The van der Waals surface area contributed by atoms with Gasteiger partial charge < -0.3 is 19.3 Å². The molecule has 254 valence electrons. The van der Waals surface area contributed by atoms with E-state index in [1.165, 1.54) is 0 Å². The number of amides is 1. The molecule has 0 saturated heterocycles. The van der Waals surface area contributed by atoms with Crippen LogP contribution < -0.4 is 15.6 Å². The Morgan fingerprint density at radius 2 is 1.76 bits per heavy atom. The van der Waals surface area contributed by atoms with Crippen molar-refractivity contribution in [1.29, 1.82) is 0 Å². The molecule has 12 heteroatoms. The molecule has 2 atom stereocenters. The molecule has 12 nitrogen and oxygen atoms in total. The molecule has 0 saturated carbocycles. The second-order valence-electron chi connectivity index (χ2n) is 12.6. The first kappa shape index (κ1) is 34.9. The average molecular weight is 665 g/mol. The van der Waals surface area contributed by atoms with E-state index in [-0.39, 0.29) is 31.0 Å². The number of ether oxygens (including phenoxy) is 3. The minimum Gasteiger partial charge on any atom is -0.494 e. The predicted octanol–water partition coefficient (Wildman–Crippen LogP) is 6.74. The molecule has 0 aromatic heterocycles. The van der Waals surface area contributed by atoms with Crippen LogP contribution in [0.25, 0.3) is 21.2 Å². The van der Waals surface area contributed by atoms with Crippen molar-refractivity contribution in [3.8, 4) is 5.75 Å². The van der Waals surface area contributed by atoms with Crippen molar-refractivity contribution in [2.24, 2.45) is 10.1 Å². The molecule has 0 spiro atoms. The van der Waals surface area contributed by atoms with Crippen LogP contribution in [0.15, 0.2) is 101 Å². The summed E-state index contributed by atoms with van der Waals surface area (Å²) in [5.41, 5.74) is 15.1. The Hall–Kier alpha value is -5.42. The maximum absolute atomic E-state index is 14.5. The van der Waals surface area contributed by atoms with Crippen LogP contribution in [0.5, 0.6) is 5.75 Å². The summed E-state index contributed by atoms with van der Waals surface area (Å²) in [4.78, 5) is 35.5. The number of esters is 1. The second kappa shape index (κ2) is 15.7. The molecule has 0 fully saturated rings. The fourth-order valence-corrected chi connectivity index (χ4v) is 5.66. The molecule has 1 aliphatic rings. The van der Waals surface area contributed by atoms with Crippen molar-refractivity contribution in [2.45, 2.75) is 63.8 Å². The molecule has 1 amide bonds. The minimum absolute atomic E-state index is 0.0195. The normalized spacial score (nSPS) is 17.1. The van der Waals surface area contributed by atoms with Gasteiger partial charge in [0.05, 0.1) is 6.61 Å².